The van der Waals surface area contributed by atoms with E-state index in [0.29, 0.717) is 22.9 Å². The smallest absolute Gasteiger partial charge is 0.260 e. The van der Waals surface area contributed by atoms with Crippen molar-refractivity contribution in [3.63, 3.8) is 0 Å². The number of anilines is 2. The summed E-state index contributed by atoms with van der Waals surface area (Å²) < 4.78 is 1.03. The van der Waals surface area contributed by atoms with Gasteiger partial charge in [-0.05, 0) is 63.8 Å². The minimum atomic E-state index is -0.232. The summed E-state index contributed by atoms with van der Waals surface area (Å²) in [6, 6.07) is 12.8. The van der Waals surface area contributed by atoms with Gasteiger partial charge in [0.2, 0.25) is 11.8 Å². The highest BCUT2D eigenvalue weighted by atomic mass is 35.5. The van der Waals surface area contributed by atoms with Crippen molar-refractivity contribution >= 4 is 62.5 Å². The number of hydrogen-bond acceptors (Lipinski definition) is 6. The second kappa shape index (κ2) is 10.4. The van der Waals surface area contributed by atoms with Crippen LogP contribution in [0.4, 0.5) is 10.8 Å². The Morgan fingerprint density at radius 3 is 2.42 bits per heavy atom. The van der Waals surface area contributed by atoms with Crippen molar-refractivity contribution in [2.24, 2.45) is 0 Å². The van der Waals surface area contributed by atoms with E-state index in [4.69, 9.17) is 4.98 Å². The summed E-state index contributed by atoms with van der Waals surface area (Å²) in [5.74, 6) is -0.658. The third-order valence-corrected chi connectivity index (χ3v) is 6.52. The second-order valence-corrected chi connectivity index (χ2v) is 9.21. The Hall–Kier alpha value is -2.81. The van der Waals surface area contributed by atoms with E-state index >= 15 is 0 Å². The summed E-state index contributed by atoms with van der Waals surface area (Å²) in [6.07, 6.45) is 1.20. The number of carbonyl (C=O) groups is 3. The van der Waals surface area contributed by atoms with Crippen molar-refractivity contribution < 1.29 is 14.4 Å². The Labute approximate surface area is 203 Å². The fraction of sp³-hybridized carbons (Fsp3) is 0.333. The van der Waals surface area contributed by atoms with Gasteiger partial charge < -0.3 is 4.90 Å². The monoisotopic (exact) mass is 486 g/mol. The van der Waals surface area contributed by atoms with E-state index in [1.165, 1.54) is 16.2 Å². The highest BCUT2D eigenvalue weighted by molar-refractivity contribution is 7.22. The molecule has 0 N–H and O–H groups in total. The number of hydrogen-bond donors (Lipinski definition) is 0. The number of para-hydroxylation sites is 1. The number of nitrogens with zero attached hydrogens (tertiary/aromatic N) is 4. The molecule has 1 aromatic heterocycles. The Bertz CT molecular complexity index is 1180. The molecule has 0 aliphatic carbocycles. The number of aromatic nitrogens is 1. The van der Waals surface area contributed by atoms with Crippen LogP contribution in [0.2, 0.25) is 0 Å². The molecule has 1 saturated heterocycles. The molecular formula is C24H27ClN4O3S. The van der Waals surface area contributed by atoms with Gasteiger partial charge in [-0.1, -0.05) is 29.5 Å². The molecule has 0 spiro atoms. The molecule has 0 unspecified atom stereocenters. The predicted molar refractivity (Wildman–Crippen MR) is 135 cm³/mol. The van der Waals surface area contributed by atoms with Gasteiger partial charge in [-0.3, -0.25) is 24.2 Å². The molecule has 3 aromatic rings. The maximum Gasteiger partial charge on any atom is 0.260 e. The minimum Gasteiger partial charge on any atom is -0.309 e. The number of thiazole rings is 1. The molecule has 1 fully saturated rings. The number of halogens is 1. The van der Waals surface area contributed by atoms with Gasteiger partial charge >= 0.3 is 0 Å². The average molecular weight is 487 g/mol. The lowest BCUT2D eigenvalue weighted by molar-refractivity contribution is -0.121. The van der Waals surface area contributed by atoms with Gasteiger partial charge in [0, 0.05) is 24.9 Å². The van der Waals surface area contributed by atoms with Crippen LogP contribution in [0.15, 0.2) is 42.5 Å². The molecule has 1 aliphatic heterocycles. The van der Waals surface area contributed by atoms with Crippen molar-refractivity contribution in [1.29, 1.82) is 0 Å². The first-order chi connectivity index (χ1) is 15.3. The standard InChI is InChI=1S/C24H26N4O3S.ClH/c1-16-7-4-10-19-22(16)25-24(32-19)27(14-6-13-26(2)3)23(31)17-8-5-9-18(15-17)28-20(29)11-12-21(28)30;/h4-5,7-10,15H,6,11-14H2,1-3H3;1H. The first-order valence-corrected chi connectivity index (χ1v) is 11.5. The molecular weight excluding hydrogens is 460 g/mol. The van der Waals surface area contributed by atoms with Crippen LogP contribution in [0.5, 0.6) is 0 Å². The predicted octanol–water partition coefficient (Wildman–Crippen LogP) is 4.28. The van der Waals surface area contributed by atoms with Crippen LogP contribution in [0, 0.1) is 6.92 Å². The summed E-state index contributed by atoms with van der Waals surface area (Å²) in [7, 11) is 4.00. The molecule has 9 heteroatoms. The Morgan fingerprint density at radius 2 is 1.76 bits per heavy atom. The molecule has 2 heterocycles. The van der Waals surface area contributed by atoms with Crippen LogP contribution >= 0.6 is 23.7 Å². The van der Waals surface area contributed by atoms with Crippen LogP contribution < -0.4 is 9.80 Å². The Balaban J connectivity index is 0.00000306. The quantitative estimate of drug-likeness (QED) is 0.466. The van der Waals surface area contributed by atoms with E-state index in [1.54, 1.807) is 29.2 Å². The summed E-state index contributed by atoms with van der Waals surface area (Å²) >= 11 is 1.49. The highest BCUT2D eigenvalue weighted by Crippen LogP contribution is 2.32. The van der Waals surface area contributed by atoms with Crippen molar-refractivity contribution in [3.05, 3.63) is 53.6 Å². The number of aryl methyl sites for hydroxylation is 1. The molecule has 174 valence electrons. The van der Waals surface area contributed by atoms with Crippen molar-refractivity contribution in [1.82, 2.24) is 9.88 Å². The van der Waals surface area contributed by atoms with Crippen LogP contribution in [0.1, 0.15) is 35.2 Å². The molecule has 4 rings (SSSR count). The molecule has 0 bridgehead atoms. The van der Waals surface area contributed by atoms with Gasteiger partial charge in [0.1, 0.15) is 0 Å². The summed E-state index contributed by atoms with van der Waals surface area (Å²) in [6.45, 7) is 3.36. The number of benzene rings is 2. The molecule has 7 nitrogen and oxygen atoms in total. The largest absolute Gasteiger partial charge is 0.309 e. The summed E-state index contributed by atoms with van der Waals surface area (Å²) in [5.41, 5.74) is 2.84. The van der Waals surface area contributed by atoms with E-state index in [9.17, 15) is 14.4 Å². The highest BCUT2D eigenvalue weighted by Gasteiger charge is 2.31. The van der Waals surface area contributed by atoms with Crippen LogP contribution in [0.25, 0.3) is 10.2 Å². The minimum absolute atomic E-state index is 0. The fourth-order valence-corrected chi connectivity index (χ4v) is 4.89. The zero-order valence-corrected chi connectivity index (χ0v) is 20.5. The summed E-state index contributed by atoms with van der Waals surface area (Å²) in [4.78, 5) is 47.6. The SMILES string of the molecule is Cc1cccc2sc(N(CCCN(C)C)C(=O)c3cccc(N4C(=O)CCC4=O)c3)nc12.Cl. The third kappa shape index (κ3) is 5.24. The first-order valence-electron chi connectivity index (χ1n) is 10.6. The van der Waals surface area contributed by atoms with E-state index < -0.39 is 0 Å². The first kappa shape index (κ1) is 24.8. The Morgan fingerprint density at radius 1 is 1.06 bits per heavy atom. The zero-order chi connectivity index (χ0) is 22.8. The van der Waals surface area contributed by atoms with Gasteiger partial charge in [-0.2, -0.15) is 0 Å². The van der Waals surface area contributed by atoms with Crippen molar-refractivity contribution in [3.8, 4) is 0 Å². The fourth-order valence-electron chi connectivity index (χ4n) is 3.82. The van der Waals surface area contributed by atoms with E-state index in [2.05, 4.69) is 4.90 Å². The molecule has 3 amide bonds. The second-order valence-electron chi connectivity index (χ2n) is 8.20. The van der Waals surface area contributed by atoms with Crippen LogP contribution in [-0.4, -0.2) is 54.8 Å². The van der Waals surface area contributed by atoms with Crippen LogP contribution in [0.3, 0.4) is 0 Å². The number of carbonyl (C=O) groups excluding carboxylic acids is 3. The molecule has 33 heavy (non-hydrogen) atoms. The topological polar surface area (TPSA) is 73.8 Å². The molecule has 1 aliphatic rings. The van der Waals surface area contributed by atoms with Gasteiger partial charge in [0.05, 0.1) is 15.9 Å². The van der Waals surface area contributed by atoms with Crippen molar-refractivity contribution in [2.45, 2.75) is 26.2 Å². The third-order valence-electron chi connectivity index (χ3n) is 5.48. The number of fused-ring (bicyclic) bond motifs is 1. The van der Waals surface area contributed by atoms with Crippen molar-refractivity contribution in [2.75, 3.05) is 37.0 Å². The molecule has 0 atom stereocenters. The average Bonchev–Trinajstić information content (AvgIpc) is 3.34. The molecule has 0 radical (unpaired) electrons. The lowest BCUT2D eigenvalue weighted by atomic mass is 10.1. The lowest BCUT2D eigenvalue weighted by Gasteiger charge is -2.22. The molecule has 0 saturated carbocycles. The van der Waals surface area contributed by atoms with Gasteiger partial charge in [-0.25, -0.2) is 4.98 Å². The van der Waals surface area contributed by atoms with E-state index in [1.807, 2.05) is 39.2 Å². The van der Waals surface area contributed by atoms with E-state index in [-0.39, 0.29) is 43.0 Å². The maximum atomic E-state index is 13.6. The van der Waals surface area contributed by atoms with Crippen LogP contribution in [-0.2, 0) is 9.59 Å². The van der Waals surface area contributed by atoms with Gasteiger partial charge in [0.25, 0.3) is 5.91 Å². The van der Waals surface area contributed by atoms with Gasteiger partial charge in [-0.15, -0.1) is 12.4 Å². The maximum absolute atomic E-state index is 13.6. The lowest BCUT2D eigenvalue weighted by Crippen LogP contribution is -2.34. The Kier molecular flexibility index (Phi) is 7.84. The van der Waals surface area contributed by atoms with Gasteiger partial charge in [0.15, 0.2) is 5.13 Å². The number of imide groups is 1. The normalized spacial score (nSPS) is 13.6. The number of amides is 3. The summed E-state index contributed by atoms with van der Waals surface area (Å²) in [5, 5.41) is 0.650. The molecule has 2 aromatic carbocycles. The zero-order valence-electron chi connectivity index (χ0n) is 18.9. The number of rotatable bonds is 7. The van der Waals surface area contributed by atoms with E-state index in [0.717, 1.165) is 28.7 Å².